The van der Waals surface area contributed by atoms with Crippen LogP contribution in [-0.4, -0.2) is 35.8 Å². The first-order valence-electron chi connectivity index (χ1n) is 10.4. The van der Waals surface area contributed by atoms with Crippen LogP contribution < -0.4 is 16.4 Å². The minimum atomic E-state index is -4.56. The molecule has 0 radical (unpaired) electrons. The van der Waals surface area contributed by atoms with E-state index in [-0.39, 0.29) is 22.0 Å². The Morgan fingerprint density at radius 2 is 1.97 bits per heavy atom. The van der Waals surface area contributed by atoms with E-state index in [0.29, 0.717) is 11.1 Å². The quantitative estimate of drug-likeness (QED) is 0.489. The predicted octanol–water partition coefficient (Wildman–Crippen LogP) is 3.85. The number of benzodiazepines with no additional fused rings is 1. The molecule has 2 atom stereocenters. The first-order valence-corrected chi connectivity index (χ1v) is 10.8. The number of hydrogen-bond donors (Lipinski definition) is 3. The van der Waals surface area contributed by atoms with Crippen LogP contribution in [0.25, 0.3) is 0 Å². The molecule has 7 nitrogen and oxygen atoms in total. The lowest BCUT2D eigenvalue weighted by molar-refractivity contribution is -0.143. The fourth-order valence-corrected chi connectivity index (χ4v) is 3.88. The van der Waals surface area contributed by atoms with Crippen LogP contribution in [0.5, 0.6) is 0 Å². The lowest BCUT2D eigenvalue weighted by Gasteiger charge is -2.19. The number of carbonyl (C=O) groups excluding carboxylic acids is 3. The van der Waals surface area contributed by atoms with Crippen molar-refractivity contribution in [3.63, 3.8) is 0 Å². The van der Waals surface area contributed by atoms with Gasteiger partial charge < -0.3 is 16.4 Å². The molecule has 186 valence electrons. The van der Waals surface area contributed by atoms with E-state index >= 15 is 0 Å². The SMILES string of the molecule is Cc1cc(F)cc(C2=NC(NC(=O)C(CCC(F)(F)F)CC(N)=O)C(=O)Nc3c(Cl)cccc32)c1. The molecule has 3 rings (SSSR count). The summed E-state index contributed by atoms with van der Waals surface area (Å²) in [6, 6.07) is 8.77. The molecule has 0 fully saturated rings. The summed E-state index contributed by atoms with van der Waals surface area (Å²) in [6.45, 7) is 1.65. The van der Waals surface area contributed by atoms with Gasteiger partial charge in [0.2, 0.25) is 18.0 Å². The summed E-state index contributed by atoms with van der Waals surface area (Å²) in [4.78, 5) is 41.3. The number of alkyl halides is 3. The van der Waals surface area contributed by atoms with Crippen LogP contribution in [0, 0.1) is 18.7 Å². The molecule has 0 saturated carbocycles. The number of primary amides is 1. The number of anilines is 1. The predicted molar refractivity (Wildman–Crippen MR) is 121 cm³/mol. The topological polar surface area (TPSA) is 114 Å². The number of halogens is 5. The Balaban J connectivity index is 2.01. The number of nitrogens with one attached hydrogen (secondary N) is 2. The van der Waals surface area contributed by atoms with Crippen LogP contribution in [0.4, 0.5) is 23.2 Å². The summed E-state index contributed by atoms with van der Waals surface area (Å²) >= 11 is 6.25. The van der Waals surface area contributed by atoms with Gasteiger partial charge in [-0.05, 0) is 43.2 Å². The lowest BCUT2D eigenvalue weighted by Crippen LogP contribution is -2.45. The van der Waals surface area contributed by atoms with Gasteiger partial charge in [0, 0.05) is 29.9 Å². The van der Waals surface area contributed by atoms with Crippen molar-refractivity contribution >= 4 is 40.7 Å². The number of carbonyl (C=O) groups is 3. The van der Waals surface area contributed by atoms with Crippen LogP contribution in [0.15, 0.2) is 41.4 Å². The van der Waals surface area contributed by atoms with Gasteiger partial charge in [0.1, 0.15) is 5.82 Å². The molecule has 0 aliphatic carbocycles. The average molecular weight is 513 g/mol. The van der Waals surface area contributed by atoms with Crippen molar-refractivity contribution in [2.24, 2.45) is 16.6 Å². The Bertz CT molecular complexity index is 1180. The third kappa shape index (κ3) is 6.78. The summed E-state index contributed by atoms with van der Waals surface area (Å²) < 4.78 is 52.3. The number of nitrogens with two attached hydrogens (primary N) is 1. The third-order valence-corrected chi connectivity index (χ3v) is 5.53. The Hall–Kier alpha value is -3.47. The van der Waals surface area contributed by atoms with Gasteiger partial charge in [-0.1, -0.05) is 23.7 Å². The van der Waals surface area contributed by atoms with Crippen molar-refractivity contribution in [3.8, 4) is 0 Å². The molecule has 0 saturated heterocycles. The van der Waals surface area contributed by atoms with Crippen molar-refractivity contribution in [2.45, 2.75) is 38.5 Å². The minimum Gasteiger partial charge on any atom is -0.370 e. The number of rotatable bonds is 7. The fraction of sp³-hybridized carbons (Fsp3) is 0.304. The second-order valence-electron chi connectivity index (χ2n) is 8.08. The summed E-state index contributed by atoms with van der Waals surface area (Å²) in [5.74, 6) is -4.82. The highest BCUT2D eigenvalue weighted by Gasteiger charge is 2.34. The molecule has 4 N–H and O–H groups in total. The van der Waals surface area contributed by atoms with Gasteiger partial charge >= 0.3 is 6.18 Å². The third-order valence-electron chi connectivity index (χ3n) is 5.21. The van der Waals surface area contributed by atoms with Crippen LogP contribution in [-0.2, 0) is 14.4 Å². The van der Waals surface area contributed by atoms with Gasteiger partial charge in [0.05, 0.1) is 16.4 Å². The van der Waals surface area contributed by atoms with Gasteiger partial charge in [-0.3, -0.25) is 14.4 Å². The number of benzene rings is 2. The van der Waals surface area contributed by atoms with Crippen molar-refractivity contribution in [1.29, 1.82) is 0 Å². The molecule has 3 amide bonds. The summed E-state index contributed by atoms with van der Waals surface area (Å²) in [5.41, 5.74) is 6.58. The maximum Gasteiger partial charge on any atom is 0.389 e. The molecule has 1 heterocycles. The Morgan fingerprint density at radius 3 is 2.60 bits per heavy atom. The van der Waals surface area contributed by atoms with E-state index in [2.05, 4.69) is 15.6 Å². The maximum atomic E-state index is 14.2. The highest BCUT2D eigenvalue weighted by Crippen LogP contribution is 2.31. The highest BCUT2D eigenvalue weighted by molar-refractivity contribution is 6.36. The van der Waals surface area contributed by atoms with Crippen molar-refractivity contribution in [2.75, 3.05) is 5.32 Å². The number of para-hydroxylation sites is 1. The Kier molecular flexibility index (Phi) is 7.79. The molecule has 0 aromatic heterocycles. The molecule has 2 unspecified atom stereocenters. The molecule has 2 aromatic carbocycles. The van der Waals surface area contributed by atoms with Gasteiger partial charge in [0.15, 0.2) is 0 Å². The standard InChI is InChI=1S/C23H21ClF4N4O3/c1-11-7-13(9-14(25)8-11)18-15-3-2-4-16(24)19(15)31-22(35)20(30-18)32-21(34)12(10-17(29)33)5-6-23(26,27)28/h2-4,7-9,12,20H,5-6,10H2,1H3,(H2,29,33)(H,31,35)(H,32,34). The van der Waals surface area contributed by atoms with Gasteiger partial charge in [-0.2, -0.15) is 13.2 Å². The minimum absolute atomic E-state index is 0.121. The largest absolute Gasteiger partial charge is 0.389 e. The first-order chi connectivity index (χ1) is 16.3. The monoisotopic (exact) mass is 512 g/mol. The summed E-state index contributed by atoms with van der Waals surface area (Å²) in [6.07, 6.45) is -8.85. The number of amides is 3. The second kappa shape index (κ2) is 10.4. The van der Waals surface area contributed by atoms with Crippen LogP contribution in [0.1, 0.15) is 36.0 Å². The number of aliphatic imine (C=N–C) groups is 1. The number of aryl methyl sites for hydroxylation is 1. The van der Waals surface area contributed by atoms with E-state index in [1.807, 2.05) is 0 Å². The molecule has 1 aliphatic heterocycles. The Labute approximate surface area is 202 Å². The zero-order chi connectivity index (χ0) is 25.9. The summed E-state index contributed by atoms with van der Waals surface area (Å²) in [7, 11) is 0. The van der Waals surface area contributed by atoms with E-state index in [0.717, 1.165) is 0 Å². The van der Waals surface area contributed by atoms with Crippen molar-refractivity contribution < 1.29 is 31.9 Å². The smallest absolute Gasteiger partial charge is 0.370 e. The van der Waals surface area contributed by atoms with E-state index in [1.165, 1.54) is 18.2 Å². The number of nitrogens with zero attached hydrogens (tertiary/aromatic N) is 1. The number of fused-ring (bicyclic) bond motifs is 1. The first kappa shape index (κ1) is 26.1. The fourth-order valence-electron chi connectivity index (χ4n) is 3.66. The molecule has 0 bridgehead atoms. The van der Waals surface area contributed by atoms with Crippen molar-refractivity contribution in [3.05, 3.63) is 63.9 Å². The zero-order valence-electron chi connectivity index (χ0n) is 18.4. The number of hydrogen-bond acceptors (Lipinski definition) is 4. The Morgan fingerprint density at radius 1 is 1.26 bits per heavy atom. The molecule has 12 heteroatoms. The van der Waals surface area contributed by atoms with Gasteiger partial charge in [-0.15, -0.1) is 0 Å². The molecular formula is C23H21ClF4N4O3. The van der Waals surface area contributed by atoms with Crippen LogP contribution >= 0.6 is 11.6 Å². The normalized spacial score (nSPS) is 16.5. The molecule has 1 aliphatic rings. The van der Waals surface area contributed by atoms with Gasteiger partial charge in [-0.25, -0.2) is 9.38 Å². The maximum absolute atomic E-state index is 14.2. The summed E-state index contributed by atoms with van der Waals surface area (Å²) in [5, 5.41) is 4.98. The molecule has 0 spiro atoms. The molecule has 2 aromatic rings. The van der Waals surface area contributed by atoms with E-state index in [4.69, 9.17) is 17.3 Å². The van der Waals surface area contributed by atoms with E-state index in [9.17, 15) is 31.9 Å². The molecule has 35 heavy (non-hydrogen) atoms. The van der Waals surface area contributed by atoms with E-state index in [1.54, 1.807) is 25.1 Å². The second-order valence-corrected chi connectivity index (χ2v) is 8.49. The van der Waals surface area contributed by atoms with E-state index < -0.39 is 61.1 Å². The van der Waals surface area contributed by atoms with Gasteiger partial charge in [0.25, 0.3) is 5.91 Å². The lowest BCUT2D eigenvalue weighted by atomic mass is 9.97. The molecular weight excluding hydrogens is 492 g/mol. The highest BCUT2D eigenvalue weighted by atomic mass is 35.5. The van der Waals surface area contributed by atoms with Crippen molar-refractivity contribution in [1.82, 2.24) is 5.32 Å². The van der Waals surface area contributed by atoms with Crippen LogP contribution in [0.3, 0.4) is 0 Å². The average Bonchev–Trinajstić information content (AvgIpc) is 2.87. The zero-order valence-corrected chi connectivity index (χ0v) is 19.1. The van der Waals surface area contributed by atoms with Crippen LogP contribution in [0.2, 0.25) is 5.02 Å².